The molecule has 44 heavy (non-hydrogen) atoms. The van der Waals surface area contributed by atoms with Gasteiger partial charge in [-0.2, -0.15) is 18.4 Å². The molecule has 1 aliphatic rings. The Bertz CT molecular complexity index is 1640. The number of rotatable bonds is 8. The fourth-order valence-electron chi connectivity index (χ4n) is 4.36. The fraction of sp³-hybridized carbons (Fsp3) is 0.290. The van der Waals surface area contributed by atoms with E-state index in [-0.39, 0.29) is 12.0 Å². The van der Waals surface area contributed by atoms with Crippen LogP contribution in [-0.2, 0) is 9.53 Å². The van der Waals surface area contributed by atoms with Crippen LogP contribution >= 0.6 is 0 Å². The summed E-state index contributed by atoms with van der Waals surface area (Å²) in [5, 5.41) is 22.8. The number of hydrogen-bond donors (Lipinski definition) is 3. The molecule has 13 heteroatoms. The van der Waals surface area contributed by atoms with E-state index in [1.807, 2.05) is 49.5 Å². The van der Waals surface area contributed by atoms with E-state index in [0.29, 0.717) is 60.0 Å². The zero-order chi connectivity index (χ0) is 31.7. The van der Waals surface area contributed by atoms with E-state index in [9.17, 15) is 23.2 Å². The Kier molecular flexibility index (Phi) is 10.5. The van der Waals surface area contributed by atoms with Gasteiger partial charge in [0.15, 0.2) is 5.58 Å². The first-order valence-corrected chi connectivity index (χ1v) is 13.6. The van der Waals surface area contributed by atoms with Gasteiger partial charge < -0.3 is 29.6 Å². The van der Waals surface area contributed by atoms with Crippen molar-refractivity contribution in [2.45, 2.75) is 25.1 Å². The van der Waals surface area contributed by atoms with Crippen molar-refractivity contribution in [3.63, 3.8) is 0 Å². The van der Waals surface area contributed by atoms with Crippen LogP contribution in [0.15, 0.2) is 65.2 Å². The fourth-order valence-corrected chi connectivity index (χ4v) is 4.36. The number of carboxylic acid groups (broad SMARTS) is 1. The molecule has 1 aliphatic heterocycles. The first kappa shape index (κ1) is 32.0. The van der Waals surface area contributed by atoms with Gasteiger partial charge in [0.1, 0.15) is 29.2 Å². The molecular formula is C31H29F3N4O6. The molecule has 5 rings (SSSR count). The average molecular weight is 611 g/mol. The average Bonchev–Trinajstić information content (AvgIpc) is 3.46. The van der Waals surface area contributed by atoms with Gasteiger partial charge in [0.25, 0.3) is 5.91 Å². The summed E-state index contributed by atoms with van der Waals surface area (Å²) in [5.74, 6) is -1.64. The third-order valence-corrected chi connectivity index (χ3v) is 6.62. The minimum absolute atomic E-state index is 0.0535. The summed E-state index contributed by atoms with van der Waals surface area (Å²) in [4.78, 5) is 25.7. The number of ether oxygens (including phenoxy) is 2. The molecule has 1 saturated heterocycles. The van der Waals surface area contributed by atoms with Crippen LogP contribution in [0.4, 0.5) is 13.2 Å². The number of amides is 1. The van der Waals surface area contributed by atoms with Crippen molar-refractivity contribution in [1.82, 2.24) is 15.6 Å². The molecule has 4 aromatic rings. The predicted octanol–water partition coefficient (Wildman–Crippen LogP) is 5.17. The van der Waals surface area contributed by atoms with Crippen molar-refractivity contribution in [1.29, 1.82) is 5.26 Å². The van der Waals surface area contributed by atoms with Crippen LogP contribution in [0.3, 0.4) is 0 Å². The highest BCUT2D eigenvalue weighted by Crippen LogP contribution is 2.35. The van der Waals surface area contributed by atoms with E-state index in [2.05, 4.69) is 21.7 Å². The molecule has 2 aromatic heterocycles. The first-order valence-electron chi connectivity index (χ1n) is 13.6. The number of pyridine rings is 1. The van der Waals surface area contributed by atoms with Crippen molar-refractivity contribution in [3.8, 4) is 34.3 Å². The molecule has 10 nitrogen and oxygen atoms in total. The number of carbonyl (C=O) groups excluding carboxylic acids is 1. The Balaban J connectivity index is 0.000000566. The van der Waals surface area contributed by atoms with Gasteiger partial charge in [-0.1, -0.05) is 18.2 Å². The zero-order valence-electron chi connectivity index (χ0n) is 23.6. The van der Waals surface area contributed by atoms with Crippen molar-refractivity contribution < 1.29 is 41.8 Å². The highest BCUT2D eigenvalue weighted by molar-refractivity contribution is 5.95. The Morgan fingerprint density at radius 3 is 2.39 bits per heavy atom. The number of alkyl halides is 3. The van der Waals surface area contributed by atoms with Gasteiger partial charge in [0.05, 0.1) is 18.8 Å². The van der Waals surface area contributed by atoms with Crippen molar-refractivity contribution >= 4 is 23.0 Å². The van der Waals surface area contributed by atoms with Crippen LogP contribution in [0.25, 0.3) is 33.6 Å². The lowest BCUT2D eigenvalue weighted by atomic mass is 10.0. The maximum atomic E-state index is 12.3. The number of aliphatic carboxylic acids is 1. The highest BCUT2D eigenvalue weighted by atomic mass is 19.4. The van der Waals surface area contributed by atoms with Gasteiger partial charge in [0.2, 0.25) is 0 Å². The summed E-state index contributed by atoms with van der Waals surface area (Å²) < 4.78 is 49.5. The summed E-state index contributed by atoms with van der Waals surface area (Å²) in [7, 11) is 1.84. The third-order valence-electron chi connectivity index (χ3n) is 6.62. The lowest BCUT2D eigenvalue weighted by Crippen LogP contribution is -2.30. The van der Waals surface area contributed by atoms with Crippen molar-refractivity contribution in [2.24, 2.45) is 0 Å². The maximum absolute atomic E-state index is 12.3. The van der Waals surface area contributed by atoms with Gasteiger partial charge in [-0.25, -0.2) is 4.79 Å². The number of fused-ring (bicyclic) bond motifs is 1. The normalized spacial score (nSPS) is 13.4. The number of furan rings is 1. The van der Waals surface area contributed by atoms with Crippen LogP contribution in [0, 0.1) is 11.3 Å². The van der Waals surface area contributed by atoms with E-state index in [0.717, 1.165) is 29.5 Å². The largest absolute Gasteiger partial charge is 0.490 e. The number of carboxylic acids is 1. The number of carbonyl (C=O) groups is 2. The van der Waals surface area contributed by atoms with Crippen molar-refractivity contribution in [2.75, 3.05) is 33.4 Å². The number of halogens is 3. The molecule has 0 bridgehead atoms. The molecule has 2 aromatic carbocycles. The van der Waals surface area contributed by atoms with Crippen LogP contribution in [0.5, 0.6) is 5.75 Å². The SMILES string of the molecule is CNCCNC(=O)c1ccc(-c2cc3nccc(-c4ccc(OC5CCOCC5)c(C#N)c4)c3o2)cc1.O=C(O)C(F)(F)F. The highest BCUT2D eigenvalue weighted by Gasteiger charge is 2.38. The molecule has 0 radical (unpaired) electrons. The topological polar surface area (TPSA) is 147 Å². The Morgan fingerprint density at radius 2 is 1.75 bits per heavy atom. The number of benzene rings is 2. The van der Waals surface area contributed by atoms with E-state index in [1.165, 1.54) is 0 Å². The van der Waals surface area contributed by atoms with Gasteiger partial charge in [-0.3, -0.25) is 9.78 Å². The number of nitrogens with zero attached hydrogens (tertiary/aromatic N) is 2. The Labute approximate surface area is 250 Å². The number of nitriles is 1. The summed E-state index contributed by atoms with van der Waals surface area (Å²) in [5.41, 5.74) is 4.93. The second-order valence-electron chi connectivity index (χ2n) is 9.68. The lowest BCUT2D eigenvalue weighted by molar-refractivity contribution is -0.192. The molecule has 3 N–H and O–H groups in total. The second-order valence-corrected chi connectivity index (χ2v) is 9.68. The Morgan fingerprint density at radius 1 is 1.07 bits per heavy atom. The molecule has 1 amide bonds. The van der Waals surface area contributed by atoms with Crippen LogP contribution in [0.1, 0.15) is 28.8 Å². The first-order chi connectivity index (χ1) is 21.1. The van der Waals surface area contributed by atoms with E-state index in [1.54, 1.807) is 18.3 Å². The number of likely N-dealkylation sites (N-methyl/N-ethyl adjacent to an activating group) is 1. The smallest absolute Gasteiger partial charge is 0.489 e. The zero-order valence-corrected chi connectivity index (χ0v) is 23.6. The van der Waals surface area contributed by atoms with E-state index in [4.69, 9.17) is 23.8 Å². The van der Waals surface area contributed by atoms with Gasteiger partial charge in [-0.05, 0) is 42.9 Å². The molecule has 0 unspecified atom stereocenters. The van der Waals surface area contributed by atoms with Crippen LogP contribution in [-0.4, -0.2) is 67.6 Å². The quantitative estimate of drug-likeness (QED) is 0.230. The van der Waals surface area contributed by atoms with E-state index < -0.39 is 12.1 Å². The molecule has 0 atom stereocenters. The lowest BCUT2D eigenvalue weighted by Gasteiger charge is -2.23. The van der Waals surface area contributed by atoms with Gasteiger partial charge in [0, 0.05) is 54.9 Å². The predicted molar refractivity (Wildman–Crippen MR) is 154 cm³/mol. The molecule has 3 heterocycles. The second kappa shape index (κ2) is 14.5. The third kappa shape index (κ3) is 8.12. The Hall–Kier alpha value is -4.93. The number of nitrogens with one attached hydrogen (secondary N) is 2. The maximum Gasteiger partial charge on any atom is 0.490 e. The molecular weight excluding hydrogens is 581 g/mol. The molecule has 0 saturated carbocycles. The molecule has 230 valence electrons. The summed E-state index contributed by atoms with van der Waals surface area (Å²) in [6.45, 7) is 2.62. The minimum Gasteiger partial charge on any atom is -0.489 e. The van der Waals surface area contributed by atoms with Gasteiger partial charge >= 0.3 is 12.1 Å². The standard InChI is InChI=1S/C29H28N4O4.C2HF3O2/c1-31-12-13-33-29(34)20-4-2-19(3-5-20)27-17-25-28(37-27)24(8-11-32-25)21-6-7-26(22(16-21)18-30)36-23-9-14-35-15-10-23;3-2(4,5)1(6)7/h2-8,11,16-17,23,31H,9-10,12-15H2,1H3,(H,33,34);(H,6,7). The molecule has 0 aliphatic carbocycles. The summed E-state index contributed by atoms with van der Waals surface area (Å²) >= 11 is 0. The van der Waals surface area contributed by atoms with E-state index >= 15 is 0 Å². The summed E-state index contributed by atoms with van der Waals surface area (Å²) in [6, 6.07) is 18.9. The van der Waals surface area contributed by atoms with Crippen LogP contribution < -0.4 is 15.4 Å². The summed E-state index contributed by atoms with van der Waals surface area (Å²) in [6.07, 6.45) is -1.67. The van der Waals surface area contributed by atoms with Crippen LogP contribution in [0.2, 0.25) is 0 Å². The number of hydrogen-bond acceptors (Lipinski definition) is 8. The molecule has 0 spiro atoms. The van der Waals surface area contributed by atoms with Gasteiger partial charge in [-0.15, -0.1) is 0 Å². The minimum atomic E-state index is -5.08. The van der Waals surface area contributed by atoms with Crippen molar-refractivity contribution in [3.05, 3.63) is 71.9 Å². The monoisotopic (exact) mass is 610 g/mol. The number of aromatic nitrogens is 1. The molecule has 1 fully saturated rings.